The molecule has 4 nitrogen and oxygen atoms in total. The first-order valence-corrected chi connectivity index (χ1v) is 9.72. The summed E-state index contributed by atoms with van der Waals surface area (Å²) in [5, 5.41) is 0.976. The topological polar surface area (TPSA) is 38.1 Å². The Morgan fingerprint density at radius 3 is 2.88 bits per heavy atom. The van der Waals surface area contributed by atoms with Gasteiger partial charge in [0.05, 0.1) is 0 Å². The number of aromatic nitrogens is 2. The average molecular weight is 363 g/mol. The van der Waals surface area contributed by atoms with Crippen molar-refractivity contribution in [1.82, 2.24) is 9.55 Å². The van der Waals surface area contributed by atoms with Crippen molar-refractivity contribution in [1.29, 1.82) is 0 Å². The molecule has 0 radical (unpaired) electrons. The Balaban J connectivity index is 1.55. The highest BCUT2D eigenvalue weighted by molar-refractivity contribution is 7.98. The van der Waals surface area contributed by atoms with Gasteiger partial charge in [0.25, 0.3) is 5.91 Å². The number of aryl methyl sites for hydroxylation is 1. The van der Waals surface area contributed by atoms with Crippen LogP contribution in [-0.4, -0.2) is 21.5 Å². The first kappa shape index (κ1) is 16.9. The highest BCUT2D eigenvalue weighted by Crippen LogP contribution is 2.33. The number of amides is 1. The van der Waals surface area contributed by atoms with Gasteiger partial charge in [0.1, 0.15) is 0 Å². The number of para-hydroxylation sites is 1. The first-order valence-electron chi connectivity index (χ1n) is 8.74. The molecule has 0 fully saturated rings. The molecule has 0 saturated heterocycles. The number of benzene rings is 2. The van der Waals surface area contributed by atoms with E-state index in [9.17, 15) is 4.79 Å². The van der Waals surface area contributed by atoms with Crippen molar-refractivity contribution in [2.75, 3.05) is 4.90 Å². The summed E-state index contributed by atoms with van der Waals surface area (Å²) in [7, 11) is 1.99. The third-order valence-corrected chi connectivity index (χ3v) is 5.87. The van der Waals surface area contributed by atoms with Gasteiger partial charge in [0.2, 0.25) is 0 Å². The molecule has 1 aliphatic rings. The van der Waals surface area contributed by atoms with Crippen LogP contribution in [0.3, 0.4) is 0 Å². The highest BCUT2D eigenvalue weighted by atomic mass is 32.2. The summed E-state index contributed by atoms with van der Waals surface area (Å²) in [6.45, 7) is 2.11. The number of anilines is 1. The lowest BCUT2D eigenvalue weighted by molar-refractivity contribution is 0.0981. The number of hydrogen-bond donors (Lipinski definition) is 0. The van der Waals surface area contributed by atoms with E-state index in [0.29, 0.717) is 0 Å². The minimum Gasteiger partial charge on any atom is -0.329 e. The first-order chi connectivity index (χ1) is 12.6. The fourth-order valence-electron chi connectivity index (χ4n) is 3.45. The lowest BCUT2D eigenvalue weighted by Gasteiger charge is -2.23. The molecule has 0 aliphatic carbocycles. The van der Waals surface area contributed by atoms with Gasteiger partial charge in [-0.3, -0.25) is 4.79 Å². The molecule has 2 aromatic carbocycles. The van der Waals surface area contributed by atoms with Gasteiger partial charge >= 0.3 is 0 Å². The zero-order valence-electron chi connectivity index (χ0n) is 14.9. The number of nitrogens with zero attached hydrogens (tertiary/aromatic N) is 3. The second kappa shape index (κ2) is 7.00. The van der Waals surface area contributed by atoms with Crippen LogP contribution in [0.25, 0.3) is 0 Å². The van der Waals surface area contributed by atoms with Gasteiger partial charge in [0.15, 0.2) is 5.16 Å². The van der Waals surface area contributed by atoms with E-state index in [2.05, 4.69) is 24.0 Å². The van der Waals surface area contributed by atoms with Gasteiger partial charge in [-0.1, -0.05) is 42.1 Å². The molecule has 2 heterocycles. The van der Waals surface area contributed by atoms with Crippen LogP contribution in [0.4, 0.5) is 5.69 Å². The minimum absolute atomic E-state index is 0.0753. The summed E-state index contributed by atoms with van der Waals surface area (Å²) in [6, 6.07) is 16.3. The standard InChI is InChI=1S/C21H21N3OS/c1-15-12-17-7-3-4-9-19(17)24(15)20(25)18-8-5-6-16(13-18)14-26-21-22-10-11-23(21)2/h3-11,13,15H,12,14H2,1-2H3. The van der Waals surface area contributed by atoms with E-state index >= 15 is 0 Å². The third-order valence-electron chi connectivity index (χ3n) is 4.74. The molecule has 0 N–H and O–H groups in total. The average Bonchev–Trinajstić information content (AvgIpc) is 3.21. The molecule has 0 saturated carbocycles. The number of thioether (sulfide) groups is 1. The molecule has 132 valence electrons. The normalized spacial score (nSPS) is 15.9. The summed E-state index contributed by atoms with van der Waals surface area (Å²) < 4.78 is 2.00. The van der Waals surface area contributed by atoms with Crippen LogP contribution in [0.15, 0.2) is 66.1 Å². The maximum atomic E-state index is 13.2. The lowest BCUT2D eigenvalue weighted by atomic mass is 10.1. The van der Waals surface area contributed by atoms with Crippen molar-refractivity contribution in [3.63, 3.8) is 0 Å². The summed E-state index contributed by atoms with van der Waals surface area (Å²) >= 11 is 1.68. The van der Waals surface area contributed by atoms with Crippen LogP contribution in [0.5, 0.6) is 0 Å². The van der Waals surface area contributed by atoms with E-state index in [1.807, 2.05) is 59.1 Å². The van der Waals surface area contributed by atoms with Gasteiger partial charge < -0.3 is 9.47 Å². The van der Waals surface area contributed by atoms with Crippen LogP contribution in [0.1, 0.15) is 28.4 Å². The zero-order valence-corrected chi connectivity index (χ0v) is 15.7. The van der Waals surface area contributed by atoms with Gasteiger partial charge in [-0.05, 0) is 42.7 Å². The van der Waals surface area contributed by atoms with E-state index in [1.165, 1.54) is 5.56 Å². The third kappa shape index (κ3) is 3.15. The number of imidazole rings is 1. The number of carbonyl (C=O) groups is 1. The van der Waals surface area contributed by atoms with E-state index in [0.717, 1.165) is 34.1 Å². The van der Waals surface area contributed by atoms with E-state index in [1.54, 1.807) is 18.0 Å². The molecule has 5 heteroatoms. The molecule has 1 atom stereocenters. The van der Waals surface area contributed by atoms with E-state index < -0.39 is 0 Å². The van der Waals surface area contributed by atoms with Crippen molar-refractivity contribution >= 4 is 23.4 Å². The van der Waals surface area contributed by atoms with Gasteiger partial charge in [0, 0.05) is 42.5 Å². The monoisotopic (exact) mass is 363 g/mol. The Morgan fingerprint density at radius 2 is 2.08 bits per heavy atom. The molecule has 4 rings (SSSR count). The Bertz CT molecular complexity index is 950. The molecule has 1 aromatic heterocycles. The second-order valence-electron chi connectivity index (χ2n) is 6.67. The number of rotatable bonds is 4. The predicted octanol–water partition coefficient (Wildman–Crippen LogP) is 4.30. The Labute approximate surface area is 157 Å². The Morgan fingerprint density at radius 1 is 1.23 bits per heavy atom. The van der Waals surface area contributed by atoms with Crippen LogP contribution >= 0.6 is 11.8 Å². The maximum absolute atomic E-state index is 13.2. The summed E-state index contributed by atoms with van der Waals surface area (Å²) in [5.74, 6) is 0.865. The van der Waals surface area contributed by atoms with Crippen LogP contribution < -0.4 is 4.90 Å². The quantitative estimate of drug-likeness (QED) is 0.649. The van der Waals surface area contributed by atoms with Crippen molar-refractivity contribution in [2.24, 2.45) is 7.05 Å². The maximum Gasteiger partial charge on any atom is 0.258 e. The number of fused-ring (bicyclic) bond motifs is 1. The molecule has 1 amide bonds. The van der Waals surface area contributed by atoms with Crippen LogP contribution in [0.2, 0.25) is 0 Å². The van der Waals surface area contributed by atoms with Crippen molar-refractivity contribution in [2.45, 2.75) is 30.3 Å². The van der Waals surface area contributed by atoms with Crippen molar-refractivity contribution in [3.05, 3.63) is 77.6 Å². The number of hydrogen-bond acceptors (Lipinski definition) is 3. The smallest absolute Gasteiger partial charge is 0.258 e. The molecule has 0 bridgehead atoms. The largest absolute Gasteiger partial charge is 0.329 e. The molecule has 3 aromatic rings. The van der Waals surface area contributed by atoms with Crippen molar-refractivity contribution < 1.29 is 4.79 Å². The molecular formula is C21H21N3OS. The van der Waals surface area contributed by atoms with E-state index in [-0.39, 0.29) is 11.9 Å². The van der Waals surface area contributed by atoms with E-state index in [4.69, 9.17) is 0 Å². The minimum atomic E-state index is 0.0753. The summed E-state index contributed by atoms with van der Waals surface area (Å²) in [5.41, 5.74) is 4.16. The molecular weight excluding hydrogens is 342 g/mol. The lowest BCUT2D eigenvalue weighted by Crippen LogP contribution is -2.35. The fourth-order valence-corrected chi connectivity index (χ4v) is 4.32. The molecule has 0 spiro atoms. The molecule has 1 unspecified atom stereocenters. The van der Waals surface area contributed by atoms with Gasteiger partial charge in [-0.25, -0.2) is 4.98 Å². The molecule has 1 aliphatic heterocycles. The summed E-state index contributed by atoms with van der Waals surface area (Å²) in [6.07, 6.45) is 4.65. The zero-order chi connectivity index (χ0) is 18.1. The van der Waals surface area contributed by atoms with Gasteiger partial charge in [-0.15, -0.1) is 0 Å². The second-order valence-corrected chi connectivity index (χ2v) is 7.61. The van der Waals surface area contributed by atoms with Crippen LogP contribution in [0, 0.1) is 0 Å². The Hall–Kier alpha value is -2.53. The van der Waals surface area contributed by atoms with Crippen LogP contribution in [-0.2, 0) is 19.2 Å². The number of carbonyl (C=O) groups excluding carboxylic acids is 1. The summed E-state index contributed by atoms with van der Waals surface area (Å²) in [4.78, 5) is 19.4. The highest BCUT2D eigenvalue weighted by Gasteiger charge is 2.31. The van der Waals surface area contributed by atoms with Gasteiger partial charge in [-0.2, -0.15) is 0 Å². The fraction of sp³-hybridized carbons (Fsp3) is 0.238. The predicted molar refractivity (Wildman–Crippen MR) is 106 cm³/mol. The Kier molecular flexibility index (Phi) is 4.55. The molecule has 26 heavy (non-hydrogen) atoms. The SMILES string of the molecule is CC1Cc2ccccc2N1C(=O)c1cccc(CSc2nccn2C)c1. The van der Waals surface area contributed by atoms with Crippen molar-refractivity contribution in [3.8, 4) is 0 Å².